The van der Waals surface area contributed by atoms with E-state index in [0.29, 0.717) is 5.56 Å². The van der Waals surface area contributed by atoms with Crippen molar-refractivity contribution in [2.75, 3.05) is 5.32 Å². The number of halogens is 4. The molecule has 0 spiro atoms. The first-order valence-electron chi connectivity index (χ1n) is 5.83. The second kappa shape index (κ2) is 5.40. The van der Waals surface area contributed by atoms with Crippen molar-refractivity contribution in [1.82, 2.24) is 4.98 Å². The number of pyridine rings is 1. The van der Waals surface area contributed by atoms with Crippen molar-refractivity contribution < 1.29 is 17.6 Å². The van der Waals surface area contributed by atoms with Crippen LogP contribution >= 0.6 is 0 Å². The van der Waals surface area contributed by atoms with Crippen LogP contribution in [0.5, 0.6) is 0 Å². The number of hydrogen-bond acceptors (Lipinski definition) is 3. The molecule has 0 atom stereocenters. The van der Waals surface area contributed by atoms with E-state index in [1.807, 2.05) is 0 Å². The molecule has 1 aromatic carbocycles. The zero-order valence-electron chi connectivity index (χ0n) is 10.8. The Kier molecular flexibility index (Phi) is 3.80. The number of benzene rings is 1. The maximum absolute atomic E-state index is 13.4. The van der Waals surface area contributed by atoms with Crippen LogP contribution in [0.1, 0.15) is 16.8 Å². The van der Waals surface area contributed by atoms with E-state index < -0.39 is 17.7 Å². The molecule has 21 heavy (non-hydrogen) atoms. The fourth-order valence-corrected chi connectivity index (χ4v) is 1.61. The number of nitrogens with zero attached hydrogens (tertiary/aromatic N) is 2. The predicted octanol–water partition coefficient (Wildman–Crippen LogP) is 4.16. The molecule has 2 rings (SSSR count). The average Bonchev–Trinajstić information content (AvgIpc) is 2.42. The molecular formula is C14H9F4N3. The molecule has 0 aliphatic heterocycles. The Morgan fingerprint density at radius 2 is 1.90 bits per heavy atom. The largest absolute Gasteiger partial charge is 0.433 e. The molecule has 0 unspecified atom stereocenters. The Morgan fingerprint density at radius 3 is 2.48 bits per heavy atom. The number of aromatic nitrogens is 1. The molecule has 0 amide bonds. The van der Waals surface area contributed by atoms with Gasteiger partial charge in [0.15, 0.2) is 0 Å². The molecule has 0 aliphatic carbocycles. The van der Waals surface area contributed by atoms with Gasteiger partial charge in [-0.25, -0.2) is 9.37 Å². The second-order valence-corrected chi connectivity index (χ2v) is 4.29. The Labute approximate surface area is 117 Å². The summed E-state index contributed by atoms with van der Waals surface area (Å²) in [4.78, 5) is 3.38. The molecule has 0 radical (unpaired) electrons. The monoisotopic (exact) mass is 295 g/mol. The number of rotatable bonds is 2. The van der Waals surface area contributed by atoms with Crippen LogP contribution in [0.25, 0.3) is 0 Å². The molecule has 108 valence electrons. The van der Waals surface area contributed by atoms with Crippen molar-refractivity contribution in [2.24, 2.45) is 0 Å². The third-order valence-electron chi connectivity index (χ3n) is 2.74. The predicted molar refractivity (Wildman–Crippen MR) is 68.4 cm³/mol. The third-order valence-corrected chi connectivity index (χ3v) is 2.74. The molecule has 0 saturated heterocycles. The molecule has 7 heteroatoms. The SMILES string of the molecule is Cc1ccc(Nc2nc(C(F)(F)F)ccc2C#N)cc1F. The average molecular weight is 295 g/mol. The Bertz CT molecular complexity index is 717. The molecule has 3 nitrogen and oxygen atoms in total. The molecule has 0 saturated carbocycles. The summed E-state index contributed by atoms with van der Waals surface area (Å²) in [6.07, 6.45) is -4.62. The van der Waals surface area contributed by atoms with Crippen molar-refractivity contribution in [3.8, 4) is 6.07 Å². The van der Waals surface area contributed by atoms with Crippen LogP contribution in [-0.4, -0.2) is 4.98 Å². The zero-order chi connectivity index (χ0) is 15.6. The molecule has 0 aliphatic rings. The molecular weight excluding hydrogens is 286 g/mol. The lowest BCUT2D eigenvalue weighted by molar-refractivity contribution is -0.141. The number of alkyl halides is 3. The number of nitriles is 1. The first-order chi connectivity index (χ1) is 9.81. The van der Waals surface area contributed by atoms with E-state index in [-0.39, 0.29) is 17.1 Å². The van der Waals surface area contributed by atoms with Gasteiger partial charge in [0.1, 0.15) is 23.4 Å². The fraction of sp³-hybridized carbons (Fsp3) is 0.143. The number of hydrogen-bond donors (Lipinski definition) is 1. The van der Waals surface area contributed by atoms with Crippen LogP contribution in [0.15, 0.2) is 30.3 Å². The molecule has 0 bridgehead atoms. The summed E-state index contributed by atoms with van der Waals surface area (Å²) in [6, 6.07) is 7.55. The Hall–Kier alpha value is -2.62. The van der Waals surface area contributed by atoms with Gasteiger partial charge in [-0.15, -0.1) is 0 Å². The van der Waals surface area contributed by atoms with Crippen LogP contribution in [0.3, 0.4) is 0 Å². The smallest absolute Gasteiger partial charge is 0.339 e. The third kappa shape index (κ3) is 3.28. The van der Waals surface area contributed by atoms with Gasteiger partial charge in [0.2, 0.25) is 0 Å². The summed E-state index contributed by atoms with van der Waals surface area (Å²) in [7, 11) is 0. The van der Waals surface area contributed by atoms with Gasteiger partial charge in [-0.05, 0) is 36.8 Å². The number of nitrogens with one attached hydrogen (secondary N) is 1. The maximum atomic E-state index is 13.4. The molecule has 1 heterocycles. The van der Waals surface area contributed by atoms with E-state index in [4.69, 9.17) is 5.26 Å². The normalized spacial score (nSPS) is 11.0. The highest BCUT2D eigenvalue weighted by Crippen LogP contribution is 2.30. The van der Waals surface area contributed by atoms with Crippen LogP contribution in [0.4, 0.5) is 29.1 Å². The van der Waals surface area contributed by atoms with Gasteiger partial charge in [0.05, 0.1) is 5.56 Å². The van der Waals surface area contributed by atoms with E-state index in [1.165, 1.54) is 12.1 Å². The van der Waals surface area contributed by atoms with Gasteiger partial charge >= 0.3 is 6.18 Å². The summed E-state index contributed by atoms with van der Waals surface area (Å²) in [5.74, 6) is -0.777. The summed E-state index contributed by atoms with van der Waals surface area (Å²) >= 11 is 0. The van der Waals surface area contributed by atoms with Crippen molar-refractivity contribution in [2.45, 2.75) is 13.1 Å². The quantitative estimate of drug-likeness (QED) is 0.846. The van der Waals surface area contributed by atoms with Crippen molar-refractivity contribution >= 4 is 11.5 Å². The molecule has 1 aromatic heterocycles. The van der Waals surface area contributed by atoms with Crippen LogP contribution in [0, 0.1) is 24.1 Å². The first kappa shape index (κ1) is 14.8. The number of anilines is 2. The van der Waals surface area contributed by atoms with Crippen molar-refractivity contribution in [1.29, 1.82) is 5.26 Å². The lowest BCUT2D eigenvalue weighted by atomic mass is 10.2. The minimum Gasteiger partial charge on any atom is -0.339 e. The van der Waals surface area contributed by atoms with E-state index in [2.05, 4.69) is 10.3 Å². The standard InChI is InChI=1S/C14H9F4N3/c1-8-2-4-10(6-11(8)15)20-13-9(7-19)3-5-12(21-13)14(16,17)18/h2-6H,1H3,(H,20,21). The van der Waals surface area contributed by atoms with Gasteiger partial charge in [-0.3, -0.25) is 0 Å². The van der Waals surface area contributed by atoms with Crippen molar-refractivity contribution in [3.05, 3.63) is 53.0 Å². The van der Waals surface area contributed by atoms with Crippen LogP contribution in [0.2, 0.25) is 0 Å². The summed E-state index contributed by atoms with van der Waals surface area (Å²) in [5, 5.41) is 11.4. The number of aryl methyl sites for hydroxylation is 1. The second-order valence-electron chi connectivity index (χ2n) is 4.29. The van der Waals surface area contributed by atoms with Crippen molar-refractivity contribution in [3.63, 3.8) is 0 Å². The van der Waals surface area contributed by atoms with E-state index >= 15 is 0 Å². The summed E-state index contributed by atoms with van der Waals surface area (Å²) in [6.45, 7) is 1.56. The summed E-state index contributed by atoms with van der Waals surface area (Å²) < 4.78 is 51.3. The van der Waals surface area contributed by atoms with E-state index in [0.717, 1.165) is 18.2 Å². The Balaban J connectivity index is 2.42. The fourth-order valence-electron chi connectivity index (χ4n) is 1.61. The summed E-state index contributed by atoms with van der Waals surface area (Å²) in [5.41, 5.74) is -0.583. The van der Waals surface area contributed by atoms with Gasteiger partial charge in [-0.2, -0.15) is 18.4 Å². The van der Waals surface area contributed by atoms with Gasteiger partial charge in [0, 0.05) is 5.69 Å². The molecule has 0 fully saturated rings. The molecule has 1 N–H and O–H groups in total. The lowest BCUT2D eigenvalue weighted by Crippen LogP contribution is -2.10. The minimum atomic E-state index is -4.62. The van der Waals surface area contributed by atoms with Gasteiger partial charge in [0.25, 0.3) is 0 Å². The molecule has 2 aromatic rings. The highest BCUT2D eigenvalue weighted by Gasteiger charge is 2.33. The highest BCUT2D eigenvalue weighted by atomic mass is 19.4. The zero-order valence-corrected chi connectivity index (χ0v) is 10.8. The van der Waals surface area contributed by atoms with Crippen LogP contribution in [-0.2, 0) is 6.18 Å². The minimum absolute atomic E-state index is 0.0658. The van der Waals surface area contributed by atoms with E-state index in [9.17, 15) is 17.6 Å². The highest BCUT2D eigenvalue weighted by molar-refractivity contribution is 5.63. The maximum Gasteiger partial charge on any atom is 0.433 e. The van der Waals surface area contributed by atoms with Gasteiger partial charge < -0.3 is 5.32 Å². The first-order valence-corrected chi connectivity index (χ1v) is 5.83. The van der Waals surface area contributed by atoms with E-state index in [1.54, 1.807) is 13.0 Å². The lowest BCUT2D eigenvalue weighted by Gasteiger charge is -2.11. The Morgan fingerprint density at radius 1 is 1.19 bits per heavy atom. The van der Waals surface area contributed by atoms with Crippen LogP contribution < -0.4 is 5.32 Å². The van der Waals surface area contributed by atoms with Gasteiger partial charge in [-0.1, -0.05) is 6.07 Å². The topological polar surface area (TPSA) is 48.7 Å².